The Hall–Kier alpha value is -1.40. The maximum atomic E-state index is 12.5. The van der Waals surface area contributed by atoms with Gasteiger partial charge in [0.05, 0.1) is 24.0 Å². The second-order valence-electron chi connectivity index (χ2n) is 3.67. The fraction of sp³-hybridized carbons (Fsp3) is 0.182. The van der Waals surface area contributed by atoms with E-state index in [9.17, 15) is 13.2 Å². The summed E-state index contributed by atoms with van der Waals surface area (Å²) in [7, 11) is 0. The molecule has 0 radical (unpaired) electrons. The van der Waals surface area contributed by atoms with E-state index in [1.54, 1.807) is 12.3 Å². The van der Waals surface area contributed by atoms with E-state index in [1.165, 1.54) is 16.9 Å². The van der Waals surface area contributed by atoms with E-state index < -0.39 is 11.7 Å². The molecule has 1 heterocycles. The number of hydrogen-bond donors (Lipinski definition) is 1. The van der Waals surface area contributed by atoms with Crippen molar-refractivity contribution in [2.24, 2.45) is 0 Å². The third-order valence-corrected chi connectivity index (χ3v) is 2.25. The van der Waals surface area contributed by atoms with Crippen LogP contribution < -0.4 is 5.73 Å². The summed E-state index contributed by atoms with van der Waals surface area (Å²) in [5, 5.41) is 3.91. The Morgan fingerprint density at radius 3 is 2.42 bits per heavy atom. The Labute approximate surface area is 120 Å². The molecule has 2 N–H and O–H groups in total. The predicted molar refractivity (Wildman–Crippen MR) is 71.7 cm³/mol. The molecule has 0 atom stereocenters. The summed E-state index contributed by atoms with van der Waals surface area (Å²) in [6, 6.07) is 5.15. The van der Waals surface area contributed by atoms with Crippen LogP contribution >= 0.6 is 24.8 Å². The largest absolute Gasteiger partial charge is 0.416 e. The Kier molecular flexibility index (Phi) is 6.18. The van der Waals surface area contributed by atoms with Crippen molar-refractivity contribution in [3.8, 4) is 0 Å². The molecule has 1 aromatic carbocycles. The quantitative estimate of drug-likeness (QED) is 0.923. The summed E-state index contributed by atoms with van der Waals surface area (Å²) in [4.78, 5) is 0. The summed E-state index contributed by atoms with van der Waals surface area (Å²) in [5.41, 5.74) is 5.82. The second kappa shape index (κ2) is 6.68. The van der Waals surface area contributed by atoms with Crippen molar-refractivity contribution in [3.63, 3.8) is 0 Å². The number of halogens is 5. The minimum absolute atomic E-state index is 0. The number of nitrogens with two attached hydrogens (primary N) is 1. The van der Waals surface area contributed by atoms with Crippen LogP contribution in [0.5, 0.6) is 0 Å². The van der Waals surface area contributed by atoms with Crippen LogP contribution in [0, 0.1) is 0 Å². The zero-order valence-electron chi connectivity index (χ0n) is 9.59. The molecule has 0 spiro atoms. The zero-order valence-corrected chi connectivity index (χ0v) is 11.2. The maximum Gasteiger partial charge on any atom is 0.416 e. The molecule has 0 saturated heterocycles. The van der Waals surface area contributed by atoms with Crippen molar-refractivity contribution >= 4 is 30.5 Å². The Morgan fingerprint density at radius 2 is 1.89 bits per heavy atom. The van der Waals surface area contributed by atoms with Crippen molar-refractivity contribution in [2.45, 2.75) is 12.7 Å². The lowest BCUT2D eigenvalue weighted by Gasteiger charge is -2.08. The Bertz CT molecular complexity index is 526. The van der Waals surface area contributed by atoms with Gasteiger partial charge in [0.1, 0.15) is 0 Å². The van der Waals surface area contributed by atoms with Crippen molar-refractivity contribution in [3.05, 3.63) is 47.8 Å². The first kappa shape index (κ1) is 17.6. The zero-order chi connectivity index (χ0) is 12.5. The van der Waals surface area contributed by atoms with Gasteiger partial charge in [-0.05, 0) is 17.7 Å². The van der Waals surface area contributed by atoms with Gasteiger partial charge in [-0.2, -0.15) is 18.3 Å². The molecule has 0 unspecified atom stereocenters. The molecule has 0 aliphatic heterocycles. The normalized spacial score (nSPS) is 10.5. The molecule has 0 aliphatic carbocycles. The van der Waals surface area contributed by atoms with Gasteiger partial charge in [-0.15, -0.1) is 24.8 Å². The summed E-state index contributed by atoms with van der Waals surface area (Å²) >= 11 is 0. The van der Waals surface area contributed by atoms with Crippen LogP contribution in [0.3, 0.4) is 0 Å². The second-order valence-corrected chi connectivity index (χ2v) is 3.67. The third-order valence-electron chi connectivity index (χ3n) is 2.25. The number of rotatable bonds is 2. The molecule has 106 valence electrons. The standard InChI is InChI=1S/C11H10F3N3.2ClH/c12-11(13,14)9-3-1-2-8(4-9)6-17-7-10(15)5-16-17;;/h1-5,7H,6,15H2;2*1H. The maximum absolute atomic E-state index is 12.5. The number of benzene rings is 1. The molecule has 1 aromatic heterocycles. The molecule has 2 rings (SSSR count). The average Bonchev–Trinajstić information content (AvgIpc) is 2.63. The Balaban J connectivity index is 0.00000162. The number of alkyl halides is 3. The fourth-order valence-electron chi connectivity index (χ4n) is 1.50. The lowest BCUT2D eigenvalue weighted by molar-refractivity contribution is -0.137. The SMILES string of the molecule is Cl.Cl.Nc1cnn(Cc2cccc(C(F)(F)F)c2)c1. The van der Waals surface area contributed by atoms with Crippen LogP contribution in [0.25, 0.3) is 0 Å². The third kappa shape index (κ3) is 4.65. The van der Waals surface area contributed by atoms with Gasteiger partial charge < -0.3 is 5.73 Å². The van der Waals surface area contributed by atoms with Gasteiger partial charge in [-0.25, -0.2) is 0 Å². The van der Waals surface area contributed by atoms with E-state index in [4.69, 9.17) is 5.73 Å². The van der Waals surface area contributed by atoms with Crippen LogP contribution in [0.2, 0.25) is 0 Å². The van der Waals surface area contributed by atoms with Crippen LogP contribution in [-0.4, -0.2) is 9.78 Å². The molecule has 2 aromatic rings. The lowest BCUT2D eigenvalue weighted by Crippen LogP contribution is -2.07. The molecule has 8 heteroatoms. The molecule has 0 bridgehead atoms. The van der Waals surface area contributed by atoms with Crippen LogP contribution in [-0.2, 0) is 12.7 Å². The predicted octanol–water partition coefficient (Wildman–Crippen LogP) is 3.38. The van der Waals surface area contributed by atoms with Gasteiger partial charge in [0, 0.05) is 6.20 Å². The minimum atomic E-state index is -4.32. The lowest BCUT2D eigenvalue weighted by atomic mass is 10.1. The molecule has 0 fully saturated rings. The minimum Gasteiger partial charge on any atom is -0.396 e. The first-order chi connectivity index (χ1) is 7.95. The average molecular weight is 314 g/mol. The number of anilines is 1. The van der Waals surface area contributed by atoms with Gasteiger partial charge in [-0.1, -0.05) is 12.1 Å². The number of nitrogen functional groups attached to an aromatic ring is 1. The van der Waals surface area contributed by atoms with Gasteiger partial charge in [0.2, 0.25) is 0 Å². The van der Waals surface area contributed by atoms with E-state index in [2.05, 4.69) is 5.10 Å². The number of nitrogens with zero attached hydrogens (tertiary/aromatic N) is 2. The van der Waals surface area contributed by atoms with Crippen molar-refractivity contribution in [1.29, 1.82) is 0 Å². The van der Waals surface area contributed by atoms with Gasteiger partial charge in [0.25, 0.3) is 0 Å². The summed E-state index contributed by atoms with van der Waals surface area (Å²) < 4.78 is 38.9. The van der Waals surface area contributed by atoms with E-state index in [0.29, 0.717) is 11.3 Å². The van der Waals surface area contributed by atoms with Crippen molar-refractivity contribution in [1.82, 2.24) is 9.78 Å². The van der Waals surface area contributed by atoms with Crippen molar-refractivity contribution < 1.29 is 13.2 Å². The highest BCUT2D eigenvalue weighted by Gasteiger charge is 2.30. The van der Waals surface area contributed by atoms with Gasteiger partial charge in [-0.3, -0.25) is 4.68 Å². The molecular weight excluding hydrogens is 302 g/mol. The molecule has 19 heavy (non-hydrogen) atoms. The highest BCUT2D eigenvalue weighted by Crippen LogP contribution is 2.29. The molecule has 0 aliphatic rings. The summed E-state index contributed by atoms with van der Waals surface area (Å²) in [6.45, 7) is 0.265. The van der Waals surface area contributed by atoms with E-state index in [0.717, 1.165) is 12.1 Å². The van der Waals surface area contributed by atoms with E-state index in [-0.39, 0.29) is 31.4 Å². The van der Waals surface area contributed by atoms with Crippen LogP contribution in [0.15, 0.2) is 36.7 Å². The highest BCUT2D eigenvalue weighted by molar-refractivity contribution is 5.85. The molecular formula is C11H12Cl2F3N3. The molecule has 0 amide bonds. The van der Waals surface area contributed by atoms with E-state index in [1.807, 2.05) is 0 Å². The van der Waals surface area contributed by atoms with Gasteiger partial charge in [0.15, 0.2) is 0 Å². The smallest absolute Gasteiger partial charge is 0.396 e. The first-order valence-corrected chi connectivity index (χ1v) is 4.89. The molecule has 3 nitrogen and oxygen atoms in total. The fourth-order valence-corrected chi connectivity index (χ4v) is 1.50. The first-order valence-electron chi connectivity index (χ1n) is 4.89. The number of hydrogen-bond acceptors (Lipinski definition) is 2. The number of aromatic nitrogens is 2. The van der Waals surface area contributed by atoms with Crippen LogP contribution in [0.1, 0.15) is 11.1 Å². The van der Waals surface area contributed by atoms with Crippen LogP contribution in [0.4, 0.5) is 18.9 Å². The monoisotopic (exact) mass is 313 g/mol. The summed E-state index contributed by atoms with van der Waals surface area (Å²) in [6.07, 6.45) is -1.30. The topological polar surface area (TPSA) is 43.8 Å². The summed E-state index contributed by atoms with van der Waals surface area (Å²) in [5.74, 6) is 0. The Morgan fingerprint density at radius 1 is 1.21 bits per heavy atom. The van der Waals surface area contributed by atoms with Gasteiger partial charge >= 0.3 is 6.18 Å². The van der Waals surface area contributed by atoms with E-state index >= 15 is 0 Å². The van der Waals surface area contributed by atoms with Crippen molar-refractivity contribution in [2.75, 3.05) is 5.73 Å². The molecule has 0 saturated carbocycles. The highest BCUT2D eigenvalue weighted by atomic mass is 35.5.